The van der Waals surface area contributed by atoms with Crippen LogP contribution < -0.4 is 5.32 Å². The topological polar surface area (TPSA) is 35.6 Å². The van der Waals surface area contributed by atoms with Crippen molar-refractivity contribution in [3.63, 3.8) is 0 Å². The van der Waals surface area contributed by atoms with Gasteiger partial charge in [-0.3, -0.25) is 10.1 Å². The number of likely N-dealkylation sites (N-methyl/N-ethyl adjacent to an activating group) is 1. The van der Waals surface area contributed by atoms with Gasteiger partial charge < -0.3 is 9.80 Å². The van der Waals surface area contributed by atoms with Gasteiger partial charge in [-0.05, 0) is 53.0 Å². The summed E-state index contributed by atoms with van der Waals surface area (Å²) in [4.78, 5) is 16.7. The third-order valence-electron chi connectivity index (χ3n) is 4.65. The van der Waals surface area contributed by atoms with E-state index in [1.165, 1.54) is 6.42 Å². The van der Waals surface area contributed by atoms with Crippen molar-refractivity contribution in [2.24, 2.45) is 0 Å². The molecule has 4 heteroatoms. The molecule has 0 radical (unpaired) electrons. The fourth-order valence-corrected chi connectivity index (χ4v) is 3.40. The molecule has 1 N–H and O–H groups in total. The summed E-state index contributed by atoms with van der Waals surface area (Å²) < 4.78 is 0. The van der Waals surface area contributed by atoms with Gasteiger partial charge in [0.05, 0.1) is 0 Å². The molecule has 1 aliphatic heterocycles. The Kier molecular flexibility index (Phi) is 7.66. The van der Waals surface area contributed by atoms with Crippen LogP contribution in [0.1, 0.15) is 59.8 Å². The summed E-state index contributed by atoms with van der Waals surface area (Å²) in [5.41, 5.74) is 2.09. The Labute approximate surface area is 136 Å². The van der Waals surface area contributed by atoms with E-state index in [0.29, 0.717) is 6.04 Å². The Morgan fingerprint density at radius 3 is 2.55 bits per heavy atom. The zero-order chi connectivity index (χ0) is 16.7. The van der Waals surface area contributed by atoms with E-state index in [0.717, 1.165) is 37.0 Å². The van der Waals surface area contributed by atoms with Crippen molar-refractivity contribution in [3.8, 4) is 0 Å². The van der Waals surface area contributed by atoms with E-state index in [4.69, 9.17) is 0 Å². The van der Waals surface area contributed by atoms with Crippen LogP contribution in [0.15, 0.2) is 23.4 Å². The Morgan fingerprint density at radius 2 is 2.05 bits per heavy atom. The maximum atomic E-state index is 12.5. The van der Waals surface area contributed by atoms with Gasteiger partial charge in [-0.15, -0.1) is 0 Å². The summed E-state index contributed by atoms with van der Waals surface area (Å²) in [7, 11) is 3.82. The standard InChI is InChI=1S/C18H33N3O/c1-7-10-11-12-13-15(8-2)21-14(4)16(9-3)17(22)20(6)18(21)19-5/h7,10,15,18-19H,8-9,11-13H2,1-6H3. The highest BCUT2D eigenvalue weighted by molar-refractivity contribution is 5.94. The van der Waals surface area contributed by atoms with E-state index >= 15 is 0 Å². The van der Waals surface area contributed by atoms with Gasteiger partial charge in [-0.1, -0.05) is 26.0 Å². The molecule has 2 atom stereocenters. The van der Waals surface area contributed by atoms with E-state index in [9.17, 15) is 4.79 Å². The van der Waals surface area contributed by atoms with Gasteiger partial charge in [0, 0.05) is 24.4 Å². The van der Waals surface area contributed by atoms with Crippen LogP contribution >= 0.6 is 0 Å². The monoisotopic (exact) mass is 307 g/mol. The van der Waals surface area contributed by atoms with E-state index in [2.05, 4.69) is 50.1 Å². The molecule has 1 heterocycles. The third kappa shape index (κ3) is 3.92. The molecule has 22 heavy (non-hydrogen) atoms. The summed E-state index contributed by atoms with van der Waals surface area (Å²) in [6.45, 7) is 8.47. The molecule has 0 aromatic rings. The highest BCUT2D eigenvalue weighted by Crippen LogP contribution is 2.29. The Bertz CT molecular complexity index is 428. The SMILES string of the molecule is CC=CCCCC(CC)N1C(C)=C(CC)C(=O)N(C)C1NC. The second-order valence-corrected chi connectivity index (χ2v) is 5.97. The van der Waals surface area contributed by atoms with E-state index in [1.54, 1.807) is 0 Å². The predicted molar refractivity (Wildman–Crippen MR) is 93.2 cm³/mol. The van der Waals surface area contributed by atoms with Gasteiger partial charge >= 0.3 is 0 Å². The zero-order valence-corrected chi connectivity index (χ0v) is 15.1. The van der Waals surface area contributed by atoms with Crippen LogP contribution in [0.5, 0.6) is 0 Å². The minimum absolute atomic E-state index is 0.0468. The number of hydrogen-bond donors (Lipinski definition) is 1. The van der Waals surface area contributed by atoms with E-state index < -0.39 is 0 Å². The lowest BCUT2D eigenvalue weighted by atomic mass is 10.00. The summed E-state index contributed by atoms with van der Waals surface area (Å²) in [6.07, 6.45) is 9.64. The van der Waals surface area contributed by atoms with Crippen molar-refractivity contribution < 1.29 is 4.79 Å². The van der Waals surface area contributed by atoms with Crippen LogP contribution in [0.3, 0.4) is 0 Å². The number of carbonyl (C=O) groups is 1. The van der Waals surface area contributed by atoms with Crippen molar-refractivity contribution in [2.45, 2.75) is 72.1 Å². The molecule has 126 valence electrons. The Hall–Kier alpha value is -1.29. The van der Waals surface area contributed by atoms with Gasteiger partial charge in [-0.25, -0.2) is 0 Å². The van der Waals surface area contributed by atoms with Crippen LogP contribution in [0.4, 0.5) is 0 Å². The van der Waals surface area contributed by atoms with Gasteiger partial charge in [0.25, 0.3) is 5.91 Å². The lowest BCUT2D eigenvalue weighted by Gasteiger charge is -2.48. The number of nitrogens with one attached hydrogen (secondary N) is 1. The lowest BCUT2D eigenvalue weighted by molar-refractivity contribution is -0.136. The number of rotatable bonds is 8. The van der Waals surface area contributed by atoms with Crippen LogP contribution in [-0.2, 0) is 4.79 Å². The molecule has 0 spiro atoms. The molecule has 0 aromatic heterocycles. The van der Waals surface area contributed by atoms with Gasteiger partial charge in [-0.2, -0.15) is 0 Å². The summed E-state index contributed by atoms with van der Waals surface area (Å²) >= 11 is 0. The summed E-state index contributed by atoms with van der Waals surface area (Å²) in [5, 5.41) is 3.31. The molecule has 0 fully saturated rings. The summed E-state index contributed by atoms with van der Waals surface area (Å²) in [6, 6.07) is 0.458. The number of carbonyl (C=O) groups excluding carboxylic acids is 1. The first kappa shape index (κ1) is 18.8. The average molecular weight is 307 g/mol. The van der Waals surface area contributed by atoms with E-state index in [1.807, 2.05) is 19.0 Å². The number of amides is 1. The smallest absolute Gasteiger partial charge is 0.253 e. The maximum Gasteiger partial charge on any atom is 0.253 e. The molecule has 1 aliphatic rings. The van der Waals surface area contributed by atoms with Gasteiger partial charge in [0.2, 0.25) is 0 Å². The van der Waals surface area contributed by atoms with Crippen LogP contribution in [0.25, 0.3) is 0 Å². The molecular formula is C18H33N3O. The zero-order valence-electron chi connectivity index (χ0n) is 15.1. The van der Waals surface area contributed by atoms with Crippen molar-refractivity contribution in [1.29, 1.82) is 0 Å². The quantitative estimate of drug-likeness (QED) is 0.551. The first-order valence-electron chi connectivity index (χ1n) is 8.57. The van der Waals surface area contributed by atoms with E-state index in [-0.39, 0.29) is 12.2 Å². The molecule has 0 bridgehead atoms. The number of unbranched alkanes of at least 4 members (excludes halogenated alkanes) is 1. The van der Waals surface area contributed by atoms with Crippen molar-refractivity contribution in [3.05, 3.63) is 23.4 Å². The molecule has 1 amide bonds. The minimum atomic E-state index is -0.0468. The van der Waals surface area contributed by atoms with Gasteiger partial charge in [0.15, 0.2) is 6.29 Å². The Balaban J connectivity index is 3.02. The number of allylic oxidation sites excluding steroid dienone is 3. The fraction of sp³-hybridized carbons (Fsp3) is 0.722. The van der Waals surface area contributed by atoms with Crippen LogP contribution in [-0.4, -0.2) is 42.1 Å². The van der Waals surface area contributed by atoms with Crippen LogP contribution in [0.2, 0.25) is 0 Å². The molecular weight excluding hydrogens is 274 g/mol. The average Bonchev–Trinajstić information content (AvgIpc) is 2.52. The fourth-order valence-electron chi connectivity index (χ4n) is 3.40. The number of hydrogen-bond acceptors (Lipinski definition) is 3. The number of nitrogens with zero attached hydrogens (tertiary/aromatic N) is 2. The van der Waals surface area contributed by atoms with Crippen molar-refractivity contribution in [1.82, 2.24) is 15.1 Å². The molecule has 0 saturated heterocycles. The van der Waals surface area contributed by atoms with Crippen LogP contribution in [0, 0.1) is 0 Å². The first-order valence-corrected chi connectivity index (χ1v) is 8.57. The highest BCUT2D eigenvalue weighted by Gasteiger charge is 2.36. The minimum Gasteiger partial charge on any atom is -0.339 e. The lowest BCUT2D eigenvalue weighted by Crippen LogP contribution is -2.61. The predicted octanol–water partition coefficient (Wildman–Crippen LogP) is 3.47. The summed E-state index contributed by atoms with van der Waals surface area (Å²) in [5.74, 6) is 0.152. The normalized spacial score (nSPS) is 21.2. The maximum absolute atomic E-state index is 12.5. The molecule has 2 unspecified atom stereocenters. The molecule has 0 aliphatic carbocycles. The molecule has 0 aromatic carbocycles. The second kappa shape index (κ2) is 8.99. The largest absolute Gasteiger partial charge is 0.339 e. The van der Waals surface area contributed by atoms with Crippen molar-refractivity contribution >= 4 is 5.91 Å². The molecule has 4 nitrogen and oxygen atoms in total. The first-order chi connectivity index (χ1) is 10.5. The van der Waals surface area contributed by atoms with Gasteiger partial charge in [0.1, 0.15) is 0 Å². The molecule has 1 rings (SSSR count). The third-order valence-corrected chi connectivity index (χ3v) is 4.65. The molecule has 0 saturated carbocycles. The Morgan fingerprint density at radius 1 is 1.36 bits per heavy atom. The van der Waals surface area contributed by atoms with Crippen molar-refractivity contribution in [2.75, 3.05) is 14.1 Å². The second-order valence-electron chi connectivity index (χ2n) is 5.97. The highest BCUT2D eigenvalue weighted by atomic mass is 16.2.